The van der Waals surface area contributed by atoms with Crippen molar-refractivity contribution in [2.45, 2.75) is 26.8 Å². The van der Waals surface area contributed by atoms with Crippen LogP contribution in [0.3, 0.4) is 0 Å². The van der Waals surface area contributed by atoms with E-state index in [2.05, 4.69) is 0 Å². The Morgan fingerprint density at radius 2 is 2.27 bits per heavy atom. The van der Waals surface area contributed by atoms with E-state index >= 15 is 0 Å². The van der Waals surface area contributed by atoms with Gasteiger partial charge in [-0.1, -0.05) is 6.92 Å². The number of nitrogens with zero attached hydrogens (tertiary/aromatic N) is 1. The van der Waals surface area contributed by atoms with E-state index in [1.807, 2.05) is 30.9 Å². The first-order chi connectivity index (χ1) is 7.11. The Balaban J connectivity index is 2.42. The van der Waals surface area contributed by atoms with Gasteiger partial charge < -0.3 is 9.52 Å². The van der Waals surface area contributed by atoms with Crippen LogP contribution in [0, 0.1) is 6.92 Å². The van der Waals surface area contributed by atoms with Crippen LogP contribution in [-0.2, 0) is 11.3 Å². The minimum atomic E-state index is -0.760. The molecule has 0 saturated carbocycles. The van der Waals surface area contributed by atoms with Crippen molar-refractivity contribution in [1.29, 1.82) is 0 Å². The van der Waals surface area contributed by atoms with Crippen molar-refractivity contribution in [3.63, 3.8) is 0 Å². The molecule has 0 unspecified atom stereocenters. The average Bonchev–Trinajstić information content (AvgIpc) is 2.58. The van der Waals surface area contributed by atoms with Gasteiger partial charge in [-0.05, 0) is 25.6 Å². The van der Waals surface area contributed by atoms with Gasteiger partial charge in [0.25, 0.3) is 0 Å². The molecule has 0 aliphatic carbocycles. The third-order valence-electron chi connectivity index (χ3n) is 2.26. The first kappa shape index (κ1) is 11.8. The summed E-state index contributed by atoms with van der Waals surface area (Å²) < 4.78 is 5.43. The topological polar surface area (TPSA) is 53.7 Å². The molecule has 15 heavy (non-hydrogen) atoms. The summed E-state index contributed by atoms with van der Waals surface area (Å²) in [7, 11) is 0. The number of carboxylic acid groups (broad SMARTS) is 1. The number of aliphatic carboxylic acids is 1. The van der Waals surface area contributed by atoms with Crippen LogP contribution in [0.1, 0.15) is 24.9 Å². The number of carboxylic acids is 1. The molecule has 0 fully saturated rings. The third kappa shape index (κ3) is 4.16. The molecule has 84 valence electrons. The Kier molecular flexibility index (Phi) is 4.37. The fraction of sp³-hybridized carbons (Fsp3) is 0.545. The monoisotopic (exact) mass is 211 g/mol. The number of rotatable bonds is 6. The minimum absolute atomic E-state index is 0.174. The SMILES string of the molecule is CCN(CCC(=O)O)Cc1ccc(C)o1. The van der Waals surface area contributed by atoms with Crippen molar-refractivity contribution in [1.82, 2.24) is 4.90 Å². The maximum atomic E-state index is 10.4. The standard InChI is InChI=1S/C11H17NO3/c1-3-12(7-6-11(13)14)8-10-5-4-9(2)15-10/h4-5H,3,6-8H2,1-2H3,(H,13,14). The second-order valence-corrected chi connectivity index (χ2v) is 3.52. The molecule has 1 aromatic rings. The zero-order valence-corrected chi connectivity index (χ0v) is 9.19. The molecule has 0 bridgehead atoms. The van der Waals surface area contributed by atoms with Gasteiger partial charge in [0, 0.05) is 6.54 Å². The van der Waals surface area contributed by atoms with Crippen molar-refractivity contribution in [3.8, 4) is 0 Å². The van der Waals surface area contributed by atoms with Gasteiger partial charge in [-0.2, -0.15) is 0 Å². The lowest BCUT2D eigenvalue weighted by atomic mass is 10.3. The second kappa shape index (κ2) is 5.56. The van der Waals surface area contributed by atoms with Crippen molar-refractivity contribution in [2.24, 2.45) is 0 Å². The molecule has 0 aliphatic rings. The Morgan fingerprint density at radius 1 is 1.53 bits per heavy atom. The average molecular weight is 211 g/mol. The van der Waals surface area contributed by atoms with Gasteiger partial charge in [0.1, 0.15) is 11.5 Å². The lowest BCUT2D eigenvalue weighted by Gasteiger charge is -2.17. The fourth-order valence-electron chi connectivity index (χ4n) is 1.39. The first-order valence-electron chi connectivity index (χ1n) is 5.11. The molecule has 0 amide bonds. The van der Waals surface area contributed by atoms with Crippen LogP contribution >= 0.6 is 0 Å². The van der Waals surface area contributed by atoms with Gasteiger partial charge >= 0.3 is 5.97 Å². The molecule has 0 radical (unpaired) electrons. The summed E-state index contributed by atoms with van der Waals surface area (Å²) in [5.74, 6) is 1.02. The molecule has 0 aromatic carbocycles. The van der Waals surface area contributed by atoms with Gasteiger partial charge in [0.2, 0.25) is 0 Å². The molecular formula is C11H17NO3. The highest BCUT2D eigenvalue weighted by Crippen LogP contribution is 2.09. The van der Waals surface area contributed by atoms with E-state index in [1.54, 1.807) is 0 Å². The largest absolute Gasteiger partial charge is 0.481 e. The van der Waals surface area contributed by atoms with E-state index < -0.39 is 5.97 Å². The third-order valence-corrected chi connectivity index (χ3v) is 2.26. The molecular weight excluding hydrogens is 194 g/mol. The normalized spacial score (nSPS) is 10.9. The summed E-state index contributed by atoms with van der Waals surface area (Å²) in [6, 6.07) is 3.85. The smallest absolute Gasteiger partial charge is 0.304 e. The molecule has 4 nitrogen and oxygen atoms in total. The molecule has 0 aliphatic heterocycles. The lowest BCUT2D eigenvalue weighted by Crippen LogP contribution is -2.25. The van der Waals surface area contributed by atoms with E-state index in [0.29, 0.717) is 13.1 Å². The molecule has 1 aromatic heterocycles. The minimum Gasteiger partial charge on any atom is -0.481 e. The van der Waals surface area contributed by atoms with E-state index in [4.69, 9.17) is 9.52 Å². The summed E-state index contributed by atoms with van der Waals surface area (Å²) in [6.45, 7) is 5.98. The van der Waals surface area contributed by atoms with Gasteiger partial charge in [0.05, 0.1) is 13.0 Å². The number of furan rings is 1. The molecule has 0 saturated heterocycles. The summed E-state index contributed by atoms with van der Waals surface area (Å²) in [6.07, 6.45) is 0.174. The molecule has 4 heteroatoms. The zero-order chi connectivity index (χ0) is 11.3. The van der Waals surface area contributed by atoms with Crippen LogP contribution in [0.2, 0.25) is 0 Å². The predicted octanol–water partition coefficient (Wildman–Crippen LogP) is 1.88. The maximum Gasteiger partial charge on any atom is 0.304 e. The number of hydrogen-bond donors (Lipinski definition) is 1. The Bertz CT molecular complexity index is 319. The Hall–Kier alpha value is -1.29. The van der Waals surface area contributed by atoms with Gasteiger partial charge in [-0.15, -0.1) is 0 Å². The van der Waals surface area contributed by atoms with E-state index in [9.17, 15) is 4.79 Å². The van der Waals surface area contributed by atoms with Crippen molar-refractivity contribution >= 4 is 5.97 Å². The van der Waals surface area contributed by atoms with E-state index in [0.717, 1.165) is 18.1 Å². The van der Waals surface area contributed by atoms with Crippen LogP contribution in [0.25, 0.3) is 0 Å². The highest BCUT2D eigenvalue weighted by Gasteiger charge is 2.08. The highest BCUT2D eigenvalue weighted by atomic mass is 16.4. The number of carbonyl (C=O) groups is 1. The molecule has 0 atom stereocenters. The van der Waals surface area contributed by atoms with E-state index in [1.165, 1.54) is 0 Å². The van der Waals surface area contributed by atoms with E-state index in [-0.39, 0.29) is 6.42 Å². The lowest BCUT2D eigenvalue weighted by molar-refractivity contribution is -0.137. The van der Waals surface area contributed by atoms with Crippen LogP contribution in [0.5, 0.6) is 0 Å². The maximum absolute atomic E-state index is 10.4. The van der Waals surface area contributed by atoms with Gasteiger partial charge in [0.15, 0.2) is 0 Å². The van der Waals surface area contributed by atoms with Crippen LogP contribution < -0.4 is 0 Å². The predicted molar refractivity (Wildman–Crippen MR) is 56.6 cm³/mol. The fourth-order valence-corrected chi connectivity index (χ4v) is 1.39. The molecule has 1 N–H and O–H groups in total. The summed E-state index contributed by atoms with van der Waals surface area (Å²) in [5, 5.41) is 8.58. The summed E-state index contributed by atoms with van der Waals surface area (Å²) in [4.78, 5) is 12.5. The first-order valence-corrected chi connectivity index (χ1v) is 5.11. The molecule has 1 heterocycles. The Morgan fingerprint density at radius 3 is 2.73 bits per heavy atom. The Labute approximate surface area is 89.5 Å². The molecule has 1 rings (SSSR count). The van der Waals surface area contributed by atoms with Crippen LogP contribution in [0.15, 0.2) is 16.5 Å². The van der Waals surface area contributed by atoms with Crippen LogP contribution in [-0.4, -0.2) is 29.1 Å². The van der Waals surface area contributed by atoms with Gasteiger partial charge in [-0.25, -0.2) is 0 Å². The summed E-state index contributed by atoms with van der Waals surface area (Å²) in [5.41, 5.74) is 0. The van der Waals surface area contributed by atoms with Crippen molar-refractivity contribution in [3.05, 3.63) is 23.7 Å². The van der Waals surface area contributed by atoms with Gasteiger partial charge in [-0.3, -0.25) is 9.69 Å². The van der Waals surface area contributed by atoms with Crippen LogP contribution in [0.4, 0.5) is 0 Å². The highest BCUT2D eigenvalue weighted by molar-refractivity contribution is 5.66. The number of aryl methyl sites for hydroxylation is 1. The van der Waals surface area contributed by atoms with Crippen molar-refractivity contribution in [2.75, 3.05) is 13.1 Å². The van der Waals surface area contributed by atoms with Crippen molar-refractivity contribution < 1.29 is 14.3 Å². The molecule has 0 spiro atoms. The quantitative estimate of drug-likeness (QED) is 0.780. The number of hydrogen-bond acceptors (Lipinski definition) is 3. The summed E-state index contributed by atoms with van der Waals surface area (Å²) >= 11 is 0. The zero-order valence-electron chi connectivity index (χ0n) is 9.19. The second-order valence-electron chi connectivity index (χ2n) is 3.52.